The Morgan fingerprint density at radius 1 is 0.405 bits per heavy atom. The molecule has 0 amide bonds. The van der Waals surface area contributed by atoms with Crippen LogP contribution in [0.4, 0.5) is 0 Å². The second-order valence-corrected chi connectivity index (χ2v) is 18.8. The van der Waals surface area contributed by atoms with Crippen LogP contribution >= 0.6 is 11.6 Å². The smallest absolute Gasteiger partial charge is 0.343 e. The fraction of sp³-hybridized carbons (Fsp3) is 0.270. The zero-order valence-corrected chi connectivity index (χ0v) is 46.0. The summed E-state index contributed by atoms with van der Waals surface area (Å²) in [5.41, 5.74) is 3.06. The van der Waals surface area contributed by atoms with Crippen molar-refractivity contribution >= 4 is 58.8 Å². The van der Waals surface area contributed by atoms with Crippen LogP contribution in [0.1, 0.15) is 60.0 Å². The van der Waals surface area contributed by atoms with Crippen LogP contribution in [-0.4, -0.2) is 144 Å². The SMILES string of the molecule is C.COc1ccc(/C=C/C(=O)O[C@H]2COC3C2OC[C@H]3O)cc1.COc1ccc(/C=C/C(=O)O[C@H]2COC3C2OC[C@H]3OC(=O)c2ccc(OC(=O)c3ccc(OC)cc3)cc2)cc1.COc1ccc(C(=O)Oc2ccc(C(=O)Cl)cc2)cc1. The molecule has 4 aliphatic rings. The van der Waals surface area contributed by atoms with Gasteiger partial charge in [0.1, 0.15) is 65.0 Å². The van der Waals surface area contributed by atoms with Crippen LogP contribution in [0.2, 0.25) is 0 Å². The third kappa shape index (κ3) is 17.1. The van der Waals surface area contributed by atoms with Gasteiger partial charge in [-0.3, -0.25) is 4.79 Å². The topological polar surface area (TPSA) is 243 Å². The second kappa shape index (κ2) is 30.4. The van der Waals surface area contributed by atoms with Crippen molar-refractivity contribution in [3.05, 3.63) is 191 Å². The predicted molar refractivity (Wildman–Crippen MR) is 304 cm³/mol. The molecule has 0 aliphatic carbocycles. The average molecular weight is 1170 g/mol. The summed E-state index contributed by atoms with van der Waals surface area (Å²) in [6.45, 7) is 0.688. The van der Waals surface area contributed by atoms with Gasteiger partial charge in [0, 0.05) is 17.7 Å². The third-order valence-corrected chi connectivity index (χ3v) is 13.3. The Morgan fingerprint density at radius 2 is 0.702 bits per heavy atom. The number of halogens is 1. The van der Waals surface area contributed by atoms with Crippen molar-refractivity contribution in [2.24, 2.45) is 0 Å². The molecule has 0 bridgehead atoms. The van der Waals surface area contributed by atoms with Gasteiger partial charge in [0.25, 0.3) is 5.24 Å². The maximum Gasteiger partial charge on any atom is 0.343 e. The number of carbonyl (C=O) groups excluding carboxylic acids is 6. The van der Waals surface area contributed by atoms with Crippen molar-refractivity contribution in [2.45, 2.75) is 56.3 Å². The number of hydrogen-bond acceptors (Lipinski definition) is 20. The fourth-order valence-corrected chi connectivity index (χ4v) is 8.74. The number of aliphatic hydroxyl groups excluding tert-OH is 1. The minimum Gasteiger partial charge on any atom is -0.497 e. The Balaban J connectivity index is 0.000000198. The van der Waals surface area contributed by atoms with Crippen molar-refractivity contribution in [3.63, 3.8) is 0 Å². The Hall–Kier alpha value is -8.89. The molecule has 6 aromatic rings. The van der Waals surface area contributed by atoms with Crippen LogP contribution in [-0.2, 0) is 42.7 Å². The predicted octanol–water partition coefficient (Wildman–Crippen LogP) is 8.58. The summed E-state index contributed by atoms with van der Waals surface area (Å²) in [6, 6.07) is 39.6. The second-order valence-electron chi connectivity index (χ2n) is 18.4. The Bertz CT molecular complexity index is 3220. The van der Waals surface area contributed by atoms with E-state index in [1.807, 2.05) is 36.4 Å². The van der Waals surface area contributed by atoms with Gasteiger partial charge in [-0.25, -0.2) is 24.0 Å². The van der Waals surface area contributed by atoms with Crippen LogP contribution in [0.25, 0.3) is 12.2 Å². The number of hydrogen-bond donors (Lipinski definition) is 1. The van der Waals surface area contributed by atoms with Crippen LogP contribution in [0, 0.1) is 0 Å². The first-order valence-electron chi connectivity index (χ1n) is 25.7. The van der Waals surface area contributed by atoms with Gasteiger partial charge in [-0.1, -0.05) is 31.7 Å². The maximum atomic E-state index is 12.8. The van der Waals surface area contributed by atoms with Crippen molar-refractivity contribution in [1.82, 2.24) is 0 Å². The number of ether oxygens (including phenoxy) is 13. The van der Waals surface area contributed by atoms with Crippen LogP contribution in [0.3, 0.4) is 0 Å². The summed E-state index contributed by atoms with van der Waals surface area (Å²) in [6.07, 6.45) is 1.68. The minimum atomic E-state index is -0.668. The van der Waals surface area contributed by atoms with Crippen molar-refractivity contribution < 1.29 is 95.5 Å². The van der Waals surface area contributed by atoms with E-state index in [9.17, 15) is 33.9 Å². The molecule has 84 heavy (non-hydrogen) atoms. The molecule has 6 aromatic carbocycles. The minimum absolute atomic E-state index is 0. The van der Waals surface area contributed by atoms with Gasteiger partial charge in [-0.05, 0) is 156 Å². The van der Waals surface area contributed by atoms with Crippen molar-refractivity contribution in [2.75, 3.05) is 54.9 Å². The Labute approximate surface area is 489 Å². The molecule has 4 saturated heterocycles. The third-order valence-electron chi connectivity index (χ3n) is 13.0. The lowest BCUT2D eigenvalue weighted by Gasteiger charge is -2.17. The first-order valence-corrected chi connectivity index (χ1v) is 26.1. The highest BCUT2D eigenvalue weighted by molar-refractivity contribution is 6.67. The molecule has 0 saturated carbocycles. The molecule has 440 valence electrons. The van der Waals surface area contributed by atoms with E-state index in [1.165, 1.54) is 67.8 Å². The Kier molecular flexibility index (Phi) is 22.7. The standard InChI is InChI=1S/C31H28O10.C16H18O6.C15H11ClO4.CH4/c1-35-22-10-3-19(4-11-22)5-16-27(32)40-25-17-37-29-26(18-38-28(25)29)41-31(34)21-8-14-24(15-9-21)39-30(33)20-6-12-23(36-2)13-7-20;1-19-11-5-2-10(3-6-11)4-7-14(18)22-13-9-21-15-12(17)8-20-16(13)15;1-19-12-6-4-11(5-7-12)15(18)20-13-8-2-10(3-9-13)14(16)17;/h3-16,25-26,28-29H,17-18H2,1-2H3;2-7,12-13,15-17H,8-9H2,1H3;2-9H,1H3;1H4/b16-5+;7-4+;;/t25-,26+,28?,29?;12-,13+,15?,16?;;/m01../s1. The lowest BCUT2D eigenvalue weighted by Crippen LogP contribution is -2.35. The van der Waals surface area contributed by atoms with E-state index in [-0.39, 0.29) is 51.3 Å². The van der Waals surface area contributed by atoms with E-state index in [1.54, 1.807) is 94.1 Å². The van der Waals surface area contributed by atoms with Gasteiger partial charge in [0.2, 0.25) is 0 Å². The summed E-state index contributed by atoms with van der Waals surface area (Å²) in [5, 5.41) is 9.07. The zero-order chi connectivity index (χ0) is 58.8. The molecule has 8 atom stereocenters. The number of benzene rings is 6. The fourth-order valence-electron chi connectivity index (χ4n) is 8.62. The van der Waals surface area contributed by atoms with E-state index < -0.39 is 77.8 Å². The molecular weight excluding hydrogens is 1110 g/mol. The summed E-state index contributed by atoms with van der Waals surface area (Å²) in [4.78, 5) is 72.1. The molecule has 4 heterocycles. The number of esters is 5. The number of rotatable bonds is 17. The van der Waals surface area contributed by atoms with Crippen molar-refractivity contribution in [1.29, 1.82) is 0 Å². The molecule has 20 nitrogen and oxygen atoms in total. The zero-order valence-electron chi connectivity index (χ0n) is 45.2. The van der Waals surface area contributed by atoms with E-state index >= 15 is 0 Å². The summed E-state index contributed by atoms with van der Waals surface area (Å²) < 4.78 is 69.6. The van der Waals surface area contributed by atoms with Gasteiger partial charge in [0.15, 0.2) is 18.3 Å². The molecule has 10 rings (SSSR count). The molecule has 0 aromatic heterocycles. The summed E-state index contributed by atoms with van der Waals surface area (Å²) in [5.74, 6) is 0.762. The van der Waals surface area contributed by atoms with Crippen molar-refractivity contribution in [3.8, 4) is 34.5 Å². The largest absolute Gasteiger partial charge is 0.497 e. The summed E-state index contributed by atoms with van der Waals surface area (Å²) >= 11 is 5.33. The first-order chi connectivity index (χ1) is 40.2. The quantitative estimate of drug-likeness (QED) is 0.0295. The van der Waals surface area contributed by atoms with Gasteiger partial charge in [-0.15, -0.1) is 0 Å². The molecule has 1 N–H and O–H groups in total. The van der Waals surface area contributed by atoms with Gasteiger partial charge >= 0.3 is 29.8 Å². The van der Waals surface area contributed by atoms with E-state index in [0.717, 1.165) is 22.6 Å². The molecule has 4 unspecified atom stereocenters. The molecular formula is C63H61ClO20. The Morgan fingerprint density at radius 3 is 1.07 bits per heavy atom. The van der Waals surface area contributed by atoms with Crippen LogP contribution < -0.4 is 28.4 Å². The number of aliphatic hydroxyl groups is 1. The molecule has 0 spiro atoms. The van der Waals surface area contributed by atoms with E-state index in [2.05, 4.69) is 0 Å². The van der Waals surface area contributed by atoms with Crippen LogP contribution in [0.15, 0.2) is 158 Å². The highest BCUT2D eigenvalue weighted by Crippen LogP contribution is 2.32. The molecule has 4 fully saturated rings. The number of fused-ring (bicyclic) bond motifs is 2. The monoisotopic (exact) mass is 1170 g/mol. The number of carbonyl (C=O) groups is 6. The lowest BCUT2D eigenvalue weighted by atomic mass is 10.1. The maximum absolute atomic E-state index is 12.8. The van der Waals surface area contributed by atoms with Gasteiger partial charge in [0.05, 0.1) is 71.6 Å². The van der Waals surface area contributed by atoms with E-state index in [0.29, 0.717) is 33.9 Å². The lowest BCUT2D eigenvalue weighted by molar-refractivity contribution is -0.148. The average Bonchev–Trinajstić information content (AvgIpc) is 2.68. The number of methoxy groups -OCH3 is 4. The normalized spacial score (nSPS) is 20.7. The molecule has 21 heteroatoms. The van der Waals surface area contributed by atoms with Gasteiger partial charge in [-0.2, -0.15) is 0 Å². The van der Waals surface area contributed by atoms with Crippen LogP contribution in [0.5, 0.6) is 34.5 Å². The van der Waals surface area contributed by atoms with Gasteiger partial charge < -0.3 is 66.7 Å². The molecule has 0 radical (unpaired) electrons. The van der Waals surface area contributed by atoms with E-state index in [4.69, 9.17) is 73.2 Å². The molecule has 4 aliphatic heterocycles. The highest BCUT2D eigenvalue weighted by atomic mass is 35.5. The highest BCUT2D eigenvalue weighted by Gasteiger charge is 2.51. The summed E-state index contributed by atoms with van der Waals surface area (Å²) in [7, 11) is 6.27. The first kappa shape index (κ1) is 62.7.